The Kier molecular flexibility index (Phi) is 4.04. The molecule has 1 heterocycles. The lowest BCUT2D eigenvalue weighted by atomic mass is 10.2. The molecule has 1 aromatic heterocycles. The zero-order valence-corrected chi connectivity index (χ0v) is 12.4. The Morgan fingerprint density at radius 3 is 2.78 bits per heavy atom. The summed E-state index contributed by atoms with van der Waals surface area (Å²) < 4.78 is 6.05. The zero-order chi connectivity index (χ0) is 13.1. The first-order valence-corrected chi connectivity index (χ1v) is 6.98. The Balaban J connectivity index is 2.30. The van der Waals surface area contributed by atoms with Crippen LogP contribution >= 0.6 is 27.3 Å². The van der Waals surface area contributed by atoms with Gasteiger partial charge in [-0.25, -0.2) is 0 Å². The number of hydrogen-bond acceptors (Lipinski definition) is 3. The first-order chi connectivity index (χ1) is 8.63. The largest absolute Gasteiger partial charge is 0.495 e. The molecule has 1 amide bonds. The van der Waals surface area contributed by atoms with Crippen molar-refractivity contribution in [3.8, 4) is 5.75 Å². The van der Waals surface area contributed by atoms with Gasteiger partial charge in [-0.05, 0) is 45.9 Å². The van der Waals surface area contributed by atoms with E-state index in [-0.39, 0.29) is 5.91 Å². The number of methoxy groups -OCH3 is 1. The monoisotopic (exact) mass is 325 g/mol. The van der Waals surface area contributed by atoms with Gasteiger partial charge in [0, 0.05) is 4.47 Å². The third-order valence-corrected chi connectivity index (χ3v) is 4.35. The van der Waals surface area contributed by atoms with Gasteiger partial charge in [0.2, 0.25) is 0 Å². The van der Waals surface area contributed by atoms with Gasteiger partial charge in [0.05, 0.1) is 12.8 Å². The maximum Gasteiger partial charge on any atom is 0.267 e. The SMILES string of the molecule is COc1cccc(C)c1NC(=O)c1sccc1Br. The Hall–Kier alpha value is -1.33. The van der Waals surface area contributed by atoms with Gasteiger partial charge in [-0.15, -0.1) is 11.3 Å². The van der Waals surface area contributed by atoms with Crippen LogP contribution in [-0.2, 0) is 0 Å². The predicted octanol–water partition coefficient (Wildman–Crippen LogP) is 4.08. The third-order valence-electron chi connectivity index (χ3n) is 2.52. The normalized spacial score (nSPS) is 10.2. The summed E-state index contributed by atoms with van der Waals surface area (Å²) >= 11 is 4.75. The topological polar surface area (TPSA) is 38.3 Å². The van der Waals surface area contributed by atoms with Crippen LogP contribution in [0.15, 0.2) is 34.1 Å². The standard InChI is InChI=1S/C13H12BrNO2S/c1-8-4-3-5-10(17-2)11(8)15-13(16)12-9(14)6-7-18-12/h3-7H,1-2H3,(H,15,16). The number of anilines is 1. The smallest absolute Gasteiger partial charge is 0.267 e. The minimum atomic E-state index is -0.135. The summed E-state index contributed by atoms with van der Waals surface area (Å²) in [6.45, 7) is 1.93. The zero-order valence-electron chi connectivity index (χ0n) is 9.99. The lowest BCUT2D eigenvalue weighted by molar-refractivity contribution is 0.102. The van der Waals surface area contributed by atoms with Crippen molar-refractivity contribution in [3.05, 3.63) is 44.6 Å². The van der Waals surface area contributed by atoms with Crippen LogP contribution in [0.3, 0.4) is 0 Å². The first kappa shape index (κ1) is 13.1. The van der Waals surface area contributed by atoms with Crippen molar-refractivity contribution in [1.29, 1.82) is 0 Å². The average molecular weight is 326 g/mol. The lowest BCUT2D eigenvalue weighted by Crippen LogP contribution is -2.12. The molecular weight excluding hydrogens is 314 g/mol. The Labute approximate surface area is 118 Å². The first-order valence-electron chi connectivity index (χ1n) is 5.31. The molecule has 0 saturated carbocycles. The molecule has 2 aromatic rings. The molecule has 0 aliphatic rings. The Morgan fingerprint density at radius 2 is 2.17 bits per heavy atom. The van der Waals surface area contributed by atoms with Crippen LogP contribution in [0, 0.1) is 6.92 Å². The Morgan fingerprint density at radius 1 is 1.39 bits per heavy atom. The van der Waals surface area contributed by atoms with Crippen LogP contribution < -0.4 is 10.1 Å². The molecule has 0 radical (unpaired) electrons. The average Bonchev–Trinajstić information content (AvgIpc) is 2.78. The second-order valence-corrected chi connectivity index (χ2v) is 5.47. The fourth-order valence-corrected chi connectivity index (χ4v) is 3.04. The van der Waals surface area contributed by atoms with Crippen LogP contribution in [0.2, 0.25) is 0 Å². The van der Waals surface area contributed by atoms with Gasteiger partial charge in [0.15, 0.2) is 0 Å². The van der Waals surface area contributed by atoms with Crippen LogP contribution in [0.1, 0.15) is 15.2 Å². The molecule has 3 nitrogen and oxygen atoms in total. The van der Waals surface area contributed by atoms with Crippen LogP contribution in [0.4, 0.5) is 5.69 Å². The number of thiophene rings is 1. The van der Waals surface area contributed by atoms with E-state index in [1.54, 1.807) is 7.11 Å². The minimum Gasteiger partial charge on any atom is -0.495 e. The number of carbonyl (C=O) groups excluding carboxylic acids is 1. The molecule has 94 valence electrons. The summed E-state index contributed by atoms with van der Waals surface area (Å²) in [6, 6.07) is 7.51. The molecule has 1 N–H and O–H groups in total. The number of carbonyl (C=O) groups is 1. The number of halogens is 1. The molecule has 0 aliphatic heterocycles. The highest BCUT2D eigenvalue weighted by atomic mass is 79.9. The van der Waals surface area contributed by atoms with Crippen molar-refractivity contribution < 1.29 is 9.53 Å². The fourth-order valence-electron chi connectivity index (χ4n) is 1.60. The van der Waals surface area contributed by atoms with E-state index in [1.165, 1.54) is 11.3 Å². The summed E-state index contributed by atoms with van der Waals surface area (Å²) in [7, 11) is 1.59. The number of ether oxygens (including phenoxy) is 1. The number of amides is 1. The summed E-state index contributed by atoms with van der Waals surface area (Å²) in [5.41, 5.74) is 1.68. The van der Waals surface area contributed by atoms with Crippen LogP contribution in [0.25, 0.3) is 0 Å². The summed E-state index contributed by atoms with van der Waals surface area (Å²) in [4.78, 5) is 12.8. The van der Waals surface area contributed by atoms with E-state index in [0.717, 1.165) is 10.0 Å². The summed E-state index contributed by atoms with van der Waals surface area (Å²) in [6.07, 6.45) is 0. The van der Waals surface area contributed by atoms with E-state index >= 15 is 0 Å². The Bertz CT molecular complexity index is 580. The van der Waals surface area contributed by atoms with Crippen molar-refractivity contribution in [2.24, 2.45) is 0 Å². The van der Waals surface area contributed by atoms with E-state index in [1.807, 2.05) is 36.6 Å². The highest BCUT2D eigenvalue weighted by Crippen LogP contribution is 2.30. The van der Waals surface area contributed by atoms with Crippen molar-refractivity contribution in [2.45, 2.75) is 6.92 Å². The van der Waals surface area contributed by atoms with E-state index in [9.17, 15) is 4.79 Å². The molecule has 0 atom stereocenters. The molecule has 0 aliphatic carbocycles. The highest BCUT2D eigenvalue weighted by Gasteiger charge is 2.15. The molecule has 1 aromatic carbocycles. The highest BCUT2D eigenvalue weighted by molar-refractivity contribution is 9.10. The van der Waals surface area contributed by atoms with Gasteiger partial charge in [-0.1, -0.05) is 12.1 Å². The van der Waals surface area contributed by atoms with Crippen molar-refractivity contribution in [3.63, 3.8) is 0 Å². The molecule has 0 unspecified atom stereocenters. The predicted molar refractivity (Wildman–Crippen MR) is 77.7 cm³/mol. The molecule has 0 saturated heterocycles. The van der Waals surface area contributed by atoms with Crippen LogP contribution in [-0.4, -0.2) is 13.0 Å². The minimum absolute atomic E-state index is 0.135. The van der Waals surface area contributed by atoms with Gasteiger partial charge in [0.25, 0.3) is 5.91 Å². The summed E-state index contributed by atoms with van der Waals surface area (Å²) in [5.74, 6) is 0.528. The van der Waals surface area contributed by atoms with Crippen LogP contribution in [0.5, 0.6) is 5.75 Å². The van der Waals surface area contributed by atoms with Crippen molar-refractivity contribution >= 4 is 38.9 Å². The maximum atomic E-state index is 12.1. The number of benzene rings is 1. The molecular formula is C13H12BrNO2S. The third kappa shape index (κ3) is 2.57. The molecule has 2 rings (SSSR count). The molecule has 0 spiro atoms. The second kappa shape index (κ2) is 5.54. The fraction of sp³-hybridized carbons (Fsp3) is 0.154. The number of nitrogens with one attached hydrogen (secondary N) is 1. The number of para-hydroxylation sites is 1. The molecule has 18 heavy (non-hydrogen) atoms. The summed E-state index contributed by atoms with van der Waals surface area (Å²) in [5, 5.41) is 4.76. The number of aryl methyl sites for hydroxylation is 1. The van der Waals surface area contributed by atoms with Gasteiger partial charge in [-0.3, -0.25) is 4.79 Å². The van der Waals surface area contributed by atoms with Gasteiger partial charge in [-0.2, -0.15) is 0 Å². The number of hydrogen-bond donors (Lipinski definition) is 1. The van der Waals surface area contributed by atoms with Gasteiger partial charge in [0.1, 0.15) is 10.6 Å². The molecule has 5 heteroatoms. The van der Waals surface area contributed by atoms with E-state index in [0.29, 0.717) is 16.3 Å². The molecule has 0 fully saturated rings. The molecule has 0 bridgehead atoms. The maximum absolute atomic E-state index is 12.1. The lowest BCUT2D eigenvalue weighted by Gasteiger charge is -2.12. The van der Waals surface area contributed by atoms with Crippen molar-refractivity contribution in [2.75, 3.05) is 12.4 Å². The number of rotatable bonds is 3. The van der Waals surface area contributed by atoms with E-state index in [2.05, 4.69) is 21.2 Å². The van der Waals surface area contributed by atoms with Gasteiger partial charge < -0.3 is 10.1 Å². The van der Waals surface area contributed by atoms with Crippen molar-refractivity contribution in [1.82, 2.24) is 0 Å². The van der Waals surface area contributed by atoms with E-state index in [4.69, 9.17) is 4.74 Å². The van der Waals surface area contributed by atoms with Gasteiger partial charge >= 0.3 is 0 Å². The van der Waals surface area contributed by atoms with E-state index < -0.39 is 0 Å². The second-order valence-electron chi connectivity index (χ2n) is 3.70. The quantitative estimate of drug-likeness (QED) is 0.923.